The predicted molar refractivity (Wildman–Crippen MR) is 85.0 cm³/mol. The third-order valence-electron chi connectivity index (χ3n) is 5.38. The number of nitro groups is 1. The summed E-state index contributed by atoms with van der Waals surface area (Å²) in [5, 5.41) is 48.9. The molecule has 9 heteroatoms. The van der Waals surface area contributed by atoms with Gasteiger partial charge in [-0.1, -0.05) is 19.1 Å². The van der Waals surface area contributed by atoms with Crippen molar-refractivity contribution < 1.29 is 14.4 Å². The van der Waals surface area contributed by atoms with Crippen LogP contribution in [0.3, 0.4) is 0 Å². The smallest absolute Gasteiger partial charge is 0.269 e. The lowest BCUT2D eigenvalue weighted by molar-refractivity contribution is -0.385. The third-order valence-corrected chi connectivity index (χ3v) is 5.38. The molecule has 0 saturated carbocycles. The van der Waals surface area contributed by atoms with Gasteiger partial charge in [-0.05, 0) is 5.56 Å². The van der Waals surface area contributed by atoms with Crippen molar-refractivity contribution in [1.29, 1.82) is 21.2 Å². The lowest BCUT2D eigenvalue weighted by Gasteiger charge is -2.47. The van der Waals surface area contributed by atoms with E-state index >= 15 is 0 Å². The Morgan fingerprint density at radius 1 is 1.27 bits per heavy atom. The van der Waals surface area contributed by atoms with Crippen molar-refractivity contribution in [2.24, 2.45) is 16.7 Å². The Balaban J connectivity index is 2.31. The number of hydrogen-bond acceptors (Lipinski definition) is 8. The molecule has 130 valence electrons. The lowest BCUT2D eigenvalue weighted by Crippen LogP contribution is -2.57. The van der Waals surface area contributed by atoms with E-state index in [2.05, 4.69) is 0 Å². The van der Waals surface area contributed by atoms with Crippen molar-refractivity contribution in [3.05, 3.63) is 39.9 Å². The molecule has 2 heterocycles. The molecule has 9 nitrogen and oxygen atoms in total. The number of rotatable bonds is 2. The maximum absolute atomic E-state index is 11.1. The van der Waals surface area contributed by atoms with Gasteiger partial charge >= 0.3 is 0 Å². The quantitative estimate of drug-likeness (QED) is 0.633. The number of fused-ring (bicyclic) bond motifs is 2. The second-order valence-corrected chi connectivity index (χ2v) is 6.47. The van der Waals surface area contributed by atoms with Crippen LogP contribution in [0, 0.1) is 66.3 Å². The van der Waals surface area contributed by atoms with Crippen molar-refractivity contribution in [2.45, 2.75) is 25.7 Å². The highest BCUT2D eigenvalue weighted by atomic mass is 16.7. The van der Waals surface area contributed by atoms with E-state index in [1.54, 1.807) is 6.92 Å². The Morgan fingerprint density at radius 2 is 1.92 bits per heavy atom. The first-order chi connectivity index (χ1) is 12.2. The van der Waals surface area contributed by atoms with Gasteiger partial charge in [0.25, 0.3) is 5.69 Å². The molecule has 2 aliphatic heterocycles. The average Bonchev–Trinajstić information content (AvgIpc) is 2.77. The topological polar surface area (TPSA) is 157 Å². The lowest BCUT2D eigenvalue weighted by atomic mass is 9.54. The number of benzene rings is 1. The van der Waals surface area contributed by atoms with E-state index < -0.39 is 39.5 Å². The van der Waals surface area contributed by atoms with Crippen LogP contribution in [-0.2, 0) is 9.47 Å². The summed E-state index contributed by atoms with van der Waals surface area (Å²) in [6.07, 6.45) is -1.30. The zero-order chi connectivity index (χ0) is 19.3. The number of nitrogens with zero attached hydrogens (tertiary/aromatic N) is 4. The fraction of sp³-hybridized carbons (Fsp3) is 0.412. The van der Waals surface area contributed by atoms with E-state index in [0.29, 0.717) is 0 Å². The molecule has 1 aromatic rings. The molecule has 1 N–H and O–H groups in total. The van der Waals surface area contributed by atoms with E-state index in [1.165, 1.54) is 31.2 Å². The van der Waals surface area contributed by atoms with Gasteiger partial charge in [0.05, 0.1) is 29.0 Å². The summed E-state index contributed by atoms with van der Waals surface area (Å²) in [6, 6.07) is 11.0. The largest absolute Gasteiger partial charge is 0.448 e. The summed E-state index contributed by atoms with van der Waals surface area (Å²) in [4.78, 5) is 10.5. The summed E-state index contributed by atoms with van der Waals surface area (Å²) < 4.78 is 11.4. The average molecular weight is 351 g/mol. The summed E-state index contributed by atoms with van der Waals surface area (Å²) >= 11 is 0. The highest BCUT2D eigenvalue weighted by molar-refractivity contribution is 5.89. The number of ether oxygens (including phenoxy) is 2. The van der Waals surface area contributed by atoms with Gasteiger partial charge in [0.15, 0.2) is 5.41 Å². The van der Waals surface area contributed by atoms with Crippen molar-refractivity contribution in [2.75, 3.05) is 0 Å². The Labute approximate surface area is 148 Å². The Morgan fingerprint density at radius 3 is 2.46 bits per heavy atom. The molecule has 4 atom stereocenters. The van der Waals surface area contributed by atoms with Crippen LogP contribution >= 0.6 is 0 Å². The first kappa shape index (κ1) is 17.3. The first-order valence-corrected chi connectivity index (χ1v) is 7.66. The van der Waals surface area contributed by atoms with E-state index in [9.17, 15) is 25.9 Å². The zero-order valence-electron chi connectivity index (χ0n) is 13.9. The van der Waals surface area contributed by atoms with Crippen molar-refractivity contribution in [3.63, 3.8) is 0 Å². The predicted octanol–water partition coefficient (Wildman–Crippen LogP) is 2.57. The van der Waals surface area contributed by atoms with E-state index in [0.717, 1.165) is 0 Å². The Kier molecular flexibility index (Phi) is 3.51. The van der Waals surface area contributed by atoms with Crippen LogP contribution in [0.15, 0.2) is 24.3 Å². The van der Waals surface area contributed by atoms with Gasteiger partial charge in [0.2, 0.25) is 17.1 Å². The SMILES string of the molecule is CC1C2(C)OC(=N)C1(C#N)C(C#N)(C#N)C(c1cccc([N+](=O)[O-])c1)O2. The molecule has 0 aromatic heterocycles. The molecule has 0 spiro atoms. The summed E-state index contributed by atoms with van der Waals surface area (Å²) in [5.74, 6) is -2.70. The maximum Gasteiger partial charge on any atom is 0.269 e. The molecule has 2 fully saturated rings. The van der Waals surface area contributed by atoms with Gasteiger partial charge in [0, 0.05) is 19.1 Å². The molecule has 0 aliphatic carbocycles. The highest BCUT2D eigenvalue weighted by Crippen LogP contribution is 2.66. The van der Waals surface area contributed by atoms with Crippen LogP contribution in [0.1, 0.15) is 25.5 Å². The molecule has 2 aliphatic rings. The van der Waals surface area contributed by atoms with Gasteiger partial charge < -0.3 is 9.47 Å². The molecular formula is C17H13N5O4. The summed E-state index contributed by atoms with van der Waals surface area (Å²) in [7, 11) is 0. The van der Waals surface area contributed by atoms with Gasteiger partial charge in [0.1, 0.15) is 6.10 Å². The Hall–Kier alpha value is -3.48. The normalized spacial score (nSPS) is 34.0. The monoisotopic (exact) mass is 351 g/mol. The number of nitro benzene ring substituents is 1. The molecule has 2 bridgehead atoms. The standard InChI is InChI=1S/C17H13N5O4/c1-10-15(2)25-13(11-4-3-5-12(6-11)22(23)24)16(7-18,8-19)17(10,9-20)14(21)26-15/h3-6,10,13,21H,1-2H3. The van der Waals surface area contributed by atoms with Crippen LogP contribution < -0.4 is 0 Å². The van der Waals surface area contributed by atoms with Gasteiger partial charge in [-0.3, -0.25) is 15.5 Å². The number of nitriles is 3. The fourth-order valence-electron chi connectivity index (χ4n) is 3.81. The van der Waals surface area contributed by atoms with E-state index in [4.69, 9.17) is 14.9 Å². The number of hydrogen-bond donors (Lipinski definition) is 1. The second-order valence-electron chi connectivity index (χ2n) is 6.47. The first-order valence-electron chi connectivity index (χ1n) is 7.66. The fourth-order valence-corrected chi connectivity index (χ4v) is 3.81. The summed E-state index contributed by atoms with van der Waals surface area (Å²) in [5.41, 5.74) is -4.02. The van der Waals surface area contributed by atoms with E-state index in [-0.39, 0.29) is 11.3 Å². The van der Waals surface area contributed by atoms with Crippen LogP contribution in [0.5, 0.6) is 0 Å². The zero-order valence-corrected chi connectivity index (χ0v) is 13.9. The third kappa shape index (κ3) is 1.77. The molecule has 1 aromatic carbocycles. The minimum Gasteiger partial charge on any atom is -0.448 e. The van der Waals surface area contributed by atoms with Crippen LogP contribution in [-0.4, -0.2) is 16.6 Å². The van der Waals surface area contributed by atoms with Crippen LogP contribution in [0.2, 0.25) is 0 Å². The van der Waals surface area contributed by atoms with Crippen molar-refractivity contribution in [3.8, 4) is 18.2 Å². The molecule has 26 heavy (non-hydrogen) atoms. The number of nitrogens with one attached hydrogen (secondary N) is 1. The van der Waals surface area contributed by atoms with Gasteiger partial charge in [-0.25, -0.2) is 0 Å². The minimum atomic E-state index is -2.11. The van der Waals surface area contributed by atoms with Gasteiger partial charge in [-0.2, -0.15) is 15.8 Å². The van der Waals surface area contributed by atoms with Crippen LogP contribution in [0.4, 0.5) is 5.69 Å². The molecule has 3 rings (SSSR count). The number of non-ortho nitro benzene ring substituents is 1. The van der Waals surface area contributed by atoms with Crippen LogP contribution in [0.25, 0.3) is 0 Å². The minimum absolute atomic E-state index is 0.193. The molecule has 0 amide bonds. The molecule has 0 radical (unpaired) electrons. The Bertz CT molecular complexity index is 941. The molecule has 4 unspecified atom stereocenters. The second kappa shape index (κ2) is 5.26. The van der Waals surface area contributed by atoms with Crippen molar-refractivity contribution >= 4 is 11.6 Å². The molecule has 2 saturated heterocycles. The molecular weight excluding hydrogens is 338 g/mol. The van der Waals surface area contributed by atoms with Crippen molar-refractivity contribution in [1.82, 2.24) is 0 Å². The highest BCUT2D eigenvalue weighted by Gasteiger charge is 2.78. The van der Waals surface area contributed by atoms with E-state index in [1.807, 2.05) is 18.2 Å². The van der Waals surface area contributed by atoms with Gasteiger partial charge in [-0.15, -0.1) is 0 Å². The summed E-state index contributed by atoms with van der Waals surface area (Å²) in [6.45, 7) is 3.10. The maximum atomic E-state index is 11.1.